The van der Waals surface area contributed by atoms with Gasteiger partial charge in [0.15, 0.2) is 0 Å². The molecule has 1 saturated heterocycles. The van der Waals surface area contributed by atoms with Gasteiger partial charge < -0.3 is 9.69 Å². The van der Waals surface area contributed by atoms with Gasteiger partial charge in [0.25, 0.3) is 0 Å². The number of carbonyl (C=O) groups is 2. The normalized spacial score (nSPS) is 26.0. The van der Waals surface area contributed by atoms with E-state index in [1.807, 2.05) is 11.8 Å². The van der Waals surface area contributed by atoms with Crippen LogP contribution in [0.3, 0.4) is 0 Å². The van der Waals surface area contributed by atoms with Crippen LogP contribution in [0.4, 0.5) is 0 Å². The van der Waals surface area contributed by atoms with Crippen molar-refractivity contribution in [2.75, 3.05) is 26.7 Å². The summed E-state index contributed by atoms with van der Waals surface area (Å²) in [6, 6.07) is 0.290. The van der Waals surface area contributed by atoms with Gasteiger partial charge in [0, 0.05) is 19.6 Å². The number of piperazine rings is 1. The maximum atomic E-state index is 11.2. The second-order valence-electron chi connectivity index (χ2n) is 3.22. The second-order valence-corrected chi connectivity index (χ2v) is 3.22. The summed E-state index contributed by atoms with van der Waals surface area (Å²) >= 11 is 0. The van der Waals surface area contributed by atoms with Crippen molar-refractivity contribution in [3.8, 4) is 0 Å². The lowest BCUT2D eigenvalue weighted by atomic mass is 10.2. The summed E-state index contributed by atoms with van der Waals surface area (Å²) in [7, 11) is 1.79. The van der Waals surface area contributed by atoms with Gasteiger partial charge in [0.05, 0.1) is 13.1 Å². The first-order chi connectivity index (χ1) is 5.65. The Kier molecular flexibility index (Phi) is 2.81. The van der Waals surface area contributed by atoms with Gasteiger partial charge in [-0.05, 0) is 6.92 Å². The van der Waals surface area contributed by atoms with Crippen LogP contribution >= 0.6 is 0 Å². The molecule has 0 aliphatic carbocycles. The predicted molar refractivity (Wildman–Crippen MR) is 44.7 cm³/mol. The molecule has 12 heavy (non-hydrogen) atoms. The molecule has 1 fully saturated rings. The third-order valence-corrected chi connectivity index (χ3v) is 2.23. The Morgan fingerprint density at radius 1 is 1.67 bits per heavy atom. The Morgan fingerprint density at radius 3 is 2.92 bits per heavy atom. The molecule has 0 spiro atoms. The topological polar surface area (TPSA) is 40.6 Å². The third-order valence-electron chi connectivity index (χ3n) is 2.23. The number of rotatable bonds is 2. The third kappa shape index (κ3) is 1.82. The van der Waals surface area contributed by atoms with Crippen LogP contribution in [0.2, 0.25) is 0 Å². The van der Waals surface area contributed by atoms with E-state index in [9.17, 15) is 9.59 Å². The standard InChI is InChI=1S/C8H14N2O2/c1-7-5-9(2)8(12)6-10(7)3-4-11/h4,7H,3,5-6H2,1-2H3. The van der Waals surface area contributed by atoms with Crippen LogP contribution in [-0.2, 0) is 9.59 Å². The SMILES string of the molecule is CC1CN(C)C(=O)CN1CC=O. The van der Waals surface area contributed by atoms with Crippen LogP contribution in [0.5, 0.6) is 0 Å². The van der Waals surface area contributed by atoms with Crippen molar-refractivity contribution in [2.45, 2.75) is 13.0 Å². The monoisotopic (exact) mass is 170 g/mol. The van der Waals surface area contributed by atoms with Crippen molar-refractivity contribution in [1.29, 1.82) is 0 Å². The molecule has 0 aromatic carbocycles. The minimum Gasteiger partial charge on any atom is -0.343 e. The predicted octanol–water partition coefficient (Wildman–Crippen LogP) is -0.652. The average molecular weight is 170 g/mol. The summed E-state index contributed by atoms with van der Waals surface area (Å²) in [6.07, 6.45) is 0.842. The average Bonchev–Trinajstić information content (AvgIpc) is 2.01. The molecule has 0 saturated carbocycles. The zero-order valence-electron chi connectivity index (χ0n) is 7.49. The van der Waals surface area contributed by atoms with E-state index in [0.29, 0.717) is 19.6 Å². The lowest BCUT2D eigenvalue weighted by molar-refractivity contribution is -0.136. The fourth-order valence-corrected chi connectivity index (χ4v) is 1.40. The first-order valence-corrected chi connectivity index (χ1v) is 4.06. The van der Waals surface area contributed by atoms with Crippen LogP contribution in [0.25, 0.3) is 0 Å². The first-order valence-electron chi connectivity index (χ1n) is 4.06. The molecular formula is C8H14N2O2. The smallest absolute Gasteiger partial charge is 0.236 e. The van der Waals surface area contributed by atoms with E-state index < -0.39 is 0 Å². The van der Waals surface area contributed by atoms with E-state index in [-0.39, 0.29) is 11.9 Å². The lowest BCUT2D eigenvalue weighted by Gasteiger charge is -2.36. The van der Waals surface area contributed by atoms with Crippen molar-refractivity contribution < 1.29 is 9.59 Å². The number of carbonyl (C=O) groups excluding carboxylic acids is 2. The van der Waals surface area contributed by atoms with Gasteiger partial charge >= 0.3 is 0 Å². The van der Waals surface area contributed by atoms with E-state index in [0.717, 1.165) is 6.29 Å². The van der Waals surface area contributed by atoms with E-state index in [1.54, 1.807) is 11.9 Å². The fraction of sp³-hybridized carbons (Fsp3) is 0.750. The van der Waals surface area contributed by atoms with Crippen molar-refractivity contribution >= 4 is 12.2 Å². The van der Waals surface area contributed by atoms with Crippen molar-refractivity contribution in [3.05, 3.63) is 0 Å². The molecule has 68 valence electrons. The van der Waals surface area contributed by atoms with Crippen molar-refractivity contribution in [3.63, 3.8) is 0 Å². The molecule has 1 unspecified atom stereocenters. The molecule has 1 aliphatic rings. The zero-order valence-corrected chi connectivity index (χ0v) is 7.49. The molecular weight excluding hydrogens is 156 g/mol. The van der Waals surface area contributed by atoms with Crippen LogP contribution in [0.1, 0.15) is 6.92 Å². The summed E-state index contributed by atoms with van der Waals surface area (Å²) < 4.78 is 0. The van der Waals surface area contributed by atoms with Gasteiger partial charge in [-0.2, -0.15) is 0 Å². The molecule has 1 atom stereocenters. The van der Waals surface area contributed by atoms with Crippen molar-refractivity contribution in [1.82, 2.24) is 9.80 Å². The Labute approximate surface area is 72.1 Å². The summed E-state index contributed by atoms with van der Waals surface area (Å²) in [6.45, 7) is 3.47. The number of likely N-dealkylation sites (N-methyl/N-ethyl adjacent to an activating group) is 1. The number of amides is 1. The van der Waals surface area contributed by atoms with Gasteiger partial charge in [-0.1, -0.05) is 0 Å². The zero-order chi connectivity index (χ0) is 9.14. The van der Waals surface area contributed by atoms with Crippen LogP contribution in [0, 0.1) is 0 Å². The van der Waals surface area contributed by atoms with E-state index in [1.165, 1.54) is 0 Å². The summed E-state index contributed by atoms with van der Waals surface area (Å²) in [5.74, 6) is 0.0925. The van der Waals surface area contributed by atoms with Crippen LogP contribution < -0.4 is 0 Å². The lowest BCUT2D eigenvalue weighted by Crippen LogP contribution is -2.53. The minimum atomic E-state index is 0.0925. The highest BCUT2D eigenvalue weighted by atomic mass is 16.2. The molecule has 1 heterocycles. The highest BCUT2D eigenvalue weighted by Gasteiger charge is 2.26. The summed E-state index contributed by atoms with van der Waals surface area (Å²) in [4.78, 5) is 25.0. The highest BCUT2D eigenvalue weighted by molar-refractivity contribution is 5.79. The van der Waals surface area contributed by atoms with Gasteiger partial charge in [0.1, 0.15) is 6.29 Å². The van der Waals surface area contributed by atoms with Crippen LogP contribution in [0.15, 0.2) is 0 Å². The maximum Gasteiger partial charge on any atom is 0.236 e. The molecule has 1 aliphatic heterocycles. The highest BCUT2D eigenvalue weighted by Crippen LogP contribution is 2.07. The molecule has 4 heteroatoms. The van der Waals surface area contributed by atoms with E-state index in [4.69, 9.17) is 0 Å². The maximum absolute atomic E-state index is 11.2. The number of nitrogens with zero attached hydrogens (tertiary/aromatic N) is 2. The van der Waals surface area contributed by atoms with Gasteiger partial charge in [-0.3, -0.25) is 9.69 Å². The number of aldehydes is 1. The van der Waals surface area contributed by atoms with Gasteiger partial charge in [0.2, 0.25) is 5.91 Å². The first kappa shape index (κ1) is 9.19. The van der Waals surface area contributed by atoms with E-state index in [2.05, 4.69) is 0 Å². The molecule has 1 amide bonds. The number of hydrogen-bond acceptors (Lipinski definition) is 3. The Hall–Kier alpha value is -0.900. The molecule has 0 radical (unpaired) electrons. The van der Waals surface area contributed by atoms with Gasteiger partial charge in [-0.25, -0.2) is 0 Å². The quantitative estimate of drug-likeness (QED) is 0.517. The molecule has 4 nitrogen and oxygen atoms in total. The van der Waals surface area contributed by atoms with Crippen molar-refractivity contribution in [2.24, 2.45) is 0 Å². The number of hydrogen-bond donors (Lipinski definition) is 0. The second kappa shape index (κ2) is 3.67. The largest absolute Gasteiger partial charge is 0.343 e. The molecule has 0 N–H and O–H groups in total. The Bertz CT molecular complexity index is 193. The Balaban J connectivity index is 2.54. The summed E-state index contributed by atoms with van der Waals surface area (Å²) in [5.41, 5.74) is 0. The fourth-order valence-electron chi connectivity index (χ4n) is 1.40. The molecule has 0 aromatic rings. The summed E-state index contributed by atoms with van der Waals surface area (Å²) in [5, 5.41) is 0. The Morgan fingerprint density at radius 2 is 2.33 bits per heavy atom. The minimum absolute atomic E-state index is 0.0925. The van der Waals surface area contributed by atoms with Crippen LogP contribution in [-0.4, -0.2) is 54.7 Å². The molecule has 1 rings (SSSR count). The van der Waals surface area contributed by atoms with Gasteiger partial charge in [-0.15, -0.1) is 0 Å². The molecule has 0 aromatic heterocycles. The molecule has 0 bridgehead atoms. The van der Waals surface area contributed by atoms with E-state index >= 15 is 0 Å².